The van der Waals surface area contributed by atoms with Gasteiger partial charge in [-0.05, 0) is 25.1 Å². The summed E-state index contributed by atoms with van der Waals surface area (Å²) in [5.41, 5.74) is 0.397. The third-order valence-corrected chi connectivity index (χ3v) is 3.59. The standard InChI is InChI=1S/C13H15N3O5S/c1-8(12-15-16-13(21-12)22(3,18)19)14-11(17)9-5-4-6-10(7-9)20-2/h4-8H,1-3H3,(H,14,17)/t8-/m0/s1. The van der Waals surface area contributed by atoms with Crippen molar-refractivity contribution in [1.82, 2.24) is 15.5 Å². The monoisotopic (exact) mass is 325 g/mol. The molecule has 2 aromatic rings. The summed E-state index contributed by atoms with van der Waals surface area (Å²) >= 11 is 0. The Kier molecular flexibility index (Phi) is 4.45. The molecule has 0 fully saturated rings. The number of amides is 1. The minimum absolute atomic E-state index is 0.0108. The molecule has 0 unspecified atom stereocenters. The molecule has 1 N–H and O–H groups in total. The summed E-state index contributed by atoms with van der Waals surface area (Å²) in [5.74, 6) is 0.194. The normalized spacial score (nSPS) is 12.7. The second-order valence-corrected chi connectivity index (χ2v) is 6.50. The Morgan fingerprint density at radius 2 is 2.09 bits per heavy atom. The summed E-state index contributed by atoms with van der Waals surface area (Å²) in [7, 11) is -2.07. The van der Waals surface area contributed by atoms with E-state index in [-0.39, 0.29) is 11.8 Å². The van der Waals surface area contributed by atoms with E-state index in [1.165, 1.54) is 7.11 Å². The fraction of sp³-hybridized carbons (Fsp3) is 0.308. The van der Waals surface area contributed by atoms with Crippen LogP contribution in [0.2, 0.25) is 0 Å². The first-order chi connectivity index (χ1) is 10.3. The van der Waals surface area contributed by atoms with Crippen molar-refractivity contribution in [2.75, 3.05) is 13.4 Å². The molecule has 9 heteroatoms. The molecule has 8 nitrogen and oxygen atoms in total. The van der Waals surface area contributed by atoms with Crippen LogP contribution in [0.3, 0.4) is 0 Å². The number of carbonyl (C=O) groups excluding carboxylic acids is 1. The molecule has 1 aromatic carbocycles. The highest BCUT2D eigenvalue weighted by Crippen LogP contribution is 2.16. The van der Waals surface area contributed by atoms with E-state index in [0.29, 0.717) is 11.3 Å². The van der Waals surface area contributed by atoms with Crippen LogP contribution < -0.4 is 10.1 Å². The lowest BCUT2D eigenvalue weighted by molar-refractivity contribution is 0.0933. The summed E-state index contributed by atoms with van der Waals surface area (Å²) in [5, 5.41) is 9.23. The van der Waals surface area contributed by atoms with Crippen molar-refractivity contribution >= 4 is 15.7 Å². The second-order valence-electron chi connectivity index (χ2n) is 4.61. The number of rotatable bonds is 5. The molecule has 1 atom stereocenters. The van der Waals surface area contributed by atoms with E-state index < -0.39 is 21.1 Å². The quantitative estimate of drug-likeness (QED) is 0.871. The van der Waals surface area contributed by atoms with Gasteiger partial charge in [0, 0.05) is 11.8 Å². The first kappa shape index (κ1) is 16.0. The van der Waals surface area contributed by atoms with Gasteiger partial charge in [-0.3, -0.25) is 4.79 Å². The molecule has 1 amide bonds. The zero-order chi connectivity index (χ0) is 16.3. The number of hydrogen-bond acceptors (Lipinski definition) is 7. The summed E-state index contributed by atoms with van der Waals surface area (Å²) < 4.78 is 32.7. The number of aromatic nitrogens is 2. The van der Waals surface area contributed by atoms with Gasteiger partial charge in [-0.15, -0.1) is 5.10 Å². The number of sulfone groups is 1. The molecule has 1 heterocycles. The van der Waals surface area contributed by atoms with Crippen LogP contribution in [-0.4, -0.2) is 37.9 Å². The average molecular weight is 325 g/mol. The van der Waals surface area contributed by atoms with Gasteiger partial charge in [0.15, 0.2) is 0 Å². The van der Waals surface area contributed by atoms with Gasteiger partial charge in [0.1, 0.15) is 11.8 Å². The predicted octanol–water partition coefficient (Wildman–Crippen LogP) is 0.973. The summed E-state index contributed by atoms with van der Waals surface area (Å²) in [6.07, 6.45) is 0.962. The van der Waals surface area contributed by atoms with Crippen molar-refractivity contribution in [3.05, 3.63) is 35.7 Å². The molecule has 22 heavy (non-hydrogen) atoms. The summed E-state index contributed by atoms with van der Waals surface area (Å²) in [6, 6.07) is 5.98. The van der Waals surface area contributed by atoms with Gasteiger partial charge in [0.05, 0.1) is 7.11 Å². The zero-order valence-electron chi connectivity index (χ0n) is 12.2. The number of ether oxygens (including phenoxy) is 1. The van der Waals surface area contributed by atoms with E-state index in [1.807, 2.05) is 0 Å². The number of nitrogens with zero attached hydrogens (tertiary/aromatic N) is 2. The van der Waals surface area contributed by atoms with Crippen molar-refractivity contribution in [2.24, 2.45) is 0 Å². The van der Waals surface area contributed by atoms with Crippen molar-refractivity contribution < 1.29 is 22.4 Å². The predicted molar refractivity (Wildman–Crippen MR) is 76.3 cm³/mol. The van der Waals surface area contributed by atoms with Gasteiger partial charge in [-0.1, -0.05) is 11.2 Å². The van der Waals surface area contributed by atoms with Gasteiger partial charge in [0.25, 0.3) is 5.91 Å². The SMILES string of the molecule is COc1cccc(C(=O)N[C@@H](C)c2nnc(S(C)(=O)=O)o2)c1. The van der Waals surface area contributed by atoms with Gasteiger partial charge >= 0.3 is 5.22 Å². The van der Waals surface area contributed by atoms with E-state index in [2.05, 4.69) is 15.5 Å². The maximum Gasteiger partial charge on any atom is 0.335 e. The Bertz CT molecular complexity index is 784. The maximum absolute atomic E-state index is 12.1. The molecule has 0 saturated carbocycles. The Hall–Kier alpha value is -2.42. The van der Waals surface area contributed by atoms with Crippen LogP contribution in [0, 0.1) is 0 Å². The Labute approximate surface area is 127 Å². The highest BCUT2D eigenvalue weighted by atomic mass is 32.2. The van der Waals surface area contributed by atoms with Crippen LogP contribution in [-0.2, 0) is 9.84 Å². The Morgan fingerprint density at radius 1 is 1.36 bits per heavy atom. The van der Waals surface area contributed by atoms with Crippen LogP contribution in [0.15, 0.2) is 33.9 Å². The van der Waals surface area contributed by atoms with Crippen molar-refractivity contribution in [2.45, 2.75) is 18.2 Å². The molecule has 0 radical (unpaired) electrons. The van der Waals surface area contributed by atoms with Gasteiger partial charge < -0.3 is 14.5 Å². The molecule has 0 aliphatic rings. The fourth-order valence-corrected chi connectivity index (χ4v) is 2.08. The zero-order valence-corrected chi connectivity index (χ0v) is 13.0. The van der Waals surface area contributed by atoms with E-state index in [4.69, 9.17) is 9.15 Å². The maximum atomic E-state index is 12.1. The third-order valence-electron chi connectivity index (χ3n) is 2.79. The summed E-state index contributed by atoms with van der Waals surface area (Å²) in [6.45, 7) is 1.61. The van der Waals surface area contributed by atoms with E-state index in [0.717, 1.165) is 6.26 Å². The Morgan fingerprint density at radius 3 is 2.68 bits per heavy atom. The fourth-order valence-electron chi connectivity index (χ4n) is 1.65. The Balaban J connectivity index is 2.12. The molecular weight excluding hydrogens is 310 g/mol. The van der Waals surface area contributed by atoms with Crippen molar-refractivity contribution in [3.63, 3.8) is 0 Å². The van der Waals surface area contributed by atoms with Gasteiger partial charge in [-0.25, -0.2) is 8.42 Å². The molecule has 0 bridgehead atoms. The van der Waals surface area contributed by atoms with Crippen LogP contribution >= 0.6 is 0 Å². The van der Waals surface area contributed by atoms with E-state index in [1.54, 1.807) is 31.2 Å². The largest absolute Gasteiger partial charge is 0.497 e. The molecule has 0 aliphatic carbocycles. The number of benzene rings is 1. The van der Waals surface area contributed by atoms with E-state index in [9.17, 15) is 13.2 Å². The number of nitrogens with one attached hydrogen (secondary N) is 1. The lowest BCUT2D eigenvalue weighted by Gasteiger charge is -2.10. The van der Waals surface area contributed by atoms with Crippen LogP contribution in [0.4, 0.5) is 0 Å². The van der Waals surface area contributed by atoms with Crippen molar-refractivity contribution in [1.29, 1.82) is 0 Å². The first-order valence-electron chi connectivity index (χ1n) is 6.29. The molecule has 0 saturated heterocycles. The second kappa shape index (κ2) is 6.14. The van der Waals surface area contributed by atoms with Crippen LogP contribution in [0.25, 0.3) is 0 Å². The smallest absolute Gasteiger partial charge is 0.335 e. The number of methoxy groups -OCH3 is 1. The molecule has 1 aromatic heterocycles. The third kappa shape index (κ3) is 3.61. The highest BCUT2D eigenvalue weighted by Gasteiger charge is 2.21. The van der Waals surface area contributed by atoms with Crippen LogP contribution in [0.1, 0.15) is 29.2 Å². The van der Waals surface area contributed by atoms with Crippen LogP contribution in [0.5, 0.6) is 5.75 Å². The highest BCUT2D eigenvalue weighted by molar-refractivity contribution is 7.90. The molecule has 2 rings (SSSR count). The topological polar surface area (TPSA) is 111 Å². The lowest BCUT2D eigenvalue weighted by Crippen LogP contribution is -2.26. The average Bonchev–Trinajstić information content (AvgIpc) is 2.97. The minimum atomic E-state index is -3.57. The molecule has 118 valence electrons. The molecule has 0 spiro atoms. The van der Waals surface area contributed by atoms with Gasteiger partial charge in [-0.2, -0.15) is 0 Å². The van der Waals surface area contributed by atoms with Gasteiger partial charge in [0.2, 0.25) is 15.7 Å². The summed E-state index contributed by atoms with van der Waals surface area (Å²) in [4.78, 5) is 12.1. The lowest BCUT2D eigenvalue weighted by atomic mass is 10.2. The first-order valence-corrected chi connectivity index (χ1v) is 8.19. The van der Waals surface area contributed by atoms with E-state index >= 15 is 0 Å². The minimum Gasteiger partial charge on any atom is -0.497 e. The number of carbonyl (C=O) groups is 1. The molecular formula is C13H15N3O5S. The number of hydrogen-bond donors (Lipinski definition) is 1. The van der Waals surface area contributed by atoms with Crippen molar-refractivity contribution in [3.8, 4) is 5.75 Å². The molecule has 0 aliphatic heterocycles.